The Hall–Kier alpha value is -1.55. The molecule has 0 saturated carbocycles. The van der Waals surface area contributed by atoms with Gasteiger partial charge in [-0.2, -0.15) is 0 Å². The first-order valence-electron chi connectivity index (χ1n) is 6.41. The minimum Gasteiger partial charge on any atom is -0.399 e. The molecule has 1 unspecified atom stereocenters. The fourth-order valence-corrected chi connectivity index (χ4v) is 2.40. The lowest BCUT2D eigenvalue weighted by Crippen LogP contribution is -2.37. The van der Waals surface area contributed by atoms with Crippen molar-refractivity contribution < 1.29 is 4.79 Å². The smallest absolute Gasteiger partial charge is 0.231 e. The molecule has 1 atom stereocenters. The number of rotatable bonds is 4. The molecule has 18 heavy (non-hydrogen) atoms. The largest absolute Gasteiger partial charge is 0.399 e. The monoisotopic (exact) mass is 247 g/mol. The predicted octanol–water partition coefficient (Wildman–Crippen LogP) is 1.39. The predicted molar refractivity (Wildman–Crippen MR) is 74.3 cm³/mol. The number of hydrogen-bond donors (Lipinski definition) is 2. The maximum Gasteiger partial charge on any atom is 0.231 e. The molecule has 0 fully saturated rings. The summed E-state index contributed by atoms with van der Waals surface area (Å²) in [6.45, 7) is 5.58. The summed E-state index contributed by atoms with van der Waals surface area (Å²) in [5.41, 5.74) is 14.3. The van der Waals surface area contributed by atoms with Crippen LogP contribution in [-0.2, 0) is 11.2 Å². The Balaban J connectivity index is 2.22. The van der Waals surface area contributed by atoms with E-state index in [0.29, 0.717) is 37.0 Å². The third-order valence-electron chi connectivity index (χ3n) is 3.70. The molecule has 2 rings (SSSR count). The first kappa shape index (κ1) is 12.9. The lowest BCUT2D eigenvalue weighted by molar-refractivity contribution is -0.117. The van der Waals surface area contributed by atoms with Gasteiger partial charge >= 0.3 is 0 Å². The fraction of sp³-hybridized carbons (Fsp3) is 0.500. The molecule has 0 radical (unpaired) electrons. The van der Waals surface area contributed by atoms with Gasteiger partial charge in [-0.05, 0) is 42.1 Å². The molecule has 1 aliphatic heterocycles. The highest BCUT2D eigenvalue weighted by Crippen LogP contribution is 2.31. The second-order valence-electron chi connectivity index (χ2n) is 5.31. The van der Waals surface area contributed by atoms with Crippen LogP contribution in [-0.4, -0.2) is 19.0 Å². The van der Waals surface area contributed by atoms with Gasteiger partial charge in [0, 0.05) is 17.9 Å². The zero-order valence-electron chi connectivity index (χ0n) is 11.0. The summed E-state index contributed by atoms with van der Waals surface area (Å²) >= 11 is 0. The van der Waals surface area contributed by atoms with E-state index in [-0.39, 0.29) is 5.91 Å². The number of carbonyl (C=O) groups excluding carboxylic acids is 1. The van der Waals surface area contributed by atoms with Crippen LogP contribution in [0.2, 0.25) is 0 Å². The number of nitrogens with two attached hydrogens (primary N) is 2. The van der Waals surface area contributed by atoms with Crippen molar-refractivity contribution in [3.63, 3.8) is 0 Å². The molecule has 0 aromatic heterocycles. The number of nitrogens with zero attached hydrogens (tertiary/aromatic N) is 1. The molecule has 1 amide bonds. The number of benzene rings is 1. The van der Waals surface area contributed by atoms with Crippen LogP contribution in [0.4, 0.5) is 11.4 Å². The Morgan fingerprint density at radius 3 is 2.72 bits per heavy atom. The molecule has 0 aliphatic carbocycles. The van der Waals surface area contributed by atoms with Crippen molar-refractivity contribution in [2.45, 2.75) is 20.3 Å². The van der Waals surface area contributed by atoms with Gasteiger partial charge in [0.2, 0.25) is 5.91 Å². The van der Waals surface area contributed by atoms with Crippen LogP contribution in [0.25, 0.3) is 0 Å². The second-order valence-corrected chi connectivity index (χ2v) is 5.31. The van der Waals surface area contributed by atoms with Crippen molar-refractivity contribution in [1.82, 2.24) is 0 Å². The molecule has 0 spiro atoms. The molecule has 1 aliphatic rings. The number of fused-ring (bicyclic) bond motifs is 1. The molecule has 0 bridgehead atoms. The van der Waals surface area contributed by atoms with Crippen LogP contribution in [0.15, 0.2) is 18.2 Å². The molecule has 4 nitrogen and oxygen atoms in total. The Kier molecular flexibility index (Phi) is 3.57. The quantitative estimate of drug-likeness (QED) is 0.790. The molecule has 1 heterocycles. The maximum absolute atomic E-state index is 12.1. The van der Waals surface area contributed by atoms with Crippen molar-refractivity contribution in [3.05, 3.63) is 23.8 Å². The maximum atomic E-state index is 12.1. The summed E-state index contributed by atoms with van der Waals surface area (Å²) in [7, 11) is 0. The molecule has 0 saturated heterocycles. The molecule has 4 N–H and O–H groups in total. The zero-order valence-corrected chi connectivity index (χ0v) is 11.0. The highest BCUT2D eigenvalue weighted by atomic mass is 16.2. The van der Waals surface area contributed by atoms with Crippen LogP contribution in [0.5, 0.6) is 0 Å². The number of carbonyl (C=O) groups is 1. The van der Waals surface area contributed by atoms with Crippen LogP contribution in [0, 0.1) is 11.8 Å². The minimum absolute atomic E-state index is 0.148. The molecular formula is C14H21N3O. The second kappa shape index (κ2) is 4.98. The normalized spacial score (nSPS) is 16.2. The minimum atomic E-state index is 0.148. The van der Waals surface area contributed by atoms with Gasteiger partial charge in [0.15, 0.2) is 0 Å². The van der Waals surface area contributed by atoms with E-state index in [1.165, 1.54) is 0 Å². The first-order chi connectivity index (χ1) is 8.52. The standard InChI is InChI=1S/C14H21N3O/c1-9(2)11(7-15)8-17-13-4-3-12(16)5-10(13)6-14(17)18/h3-5,9,11H,6-8,15-16H2,1-2H3. The van der Waals surface area contributed by atoms with Crippen LogP contribution in [0.1, 0.15) is 19.4 Å². The summed E-state index contributed by atoms with van der Waals surface area (Å²) in [5.74, 6) is 0.952. The zero-order chi connectivity index (χ0) is 13.3. The summed E-state index contributed by atoms with van der Waals surface area (Å²) < 4.78 is 0. The molecule has 4 heteroatoms. The van der Waals surface area contributed by atoms with Crippen molar-refractivity contribution in [1.29, 1.82) is 0 Å². The molecule has 1 aromatic carbocycles. The van der Waals surface area contributed by atoms with Crippen molar-refractivity contribution >= 4 is 17.3 Å². The average Bonchev–Trinajstić information content (AvgIpc) is 2.60. The Morgan fingerprint density at radius 1 is 1.39 bits per heavy atom. The number of hydrogen-bond acceptors (Lipinski definition) is 3. The van der Waals surface area contributed by atoms with Gasteiger partial charge in [-0.25, -0.2) is 0 Å². The van der Waals surface area contributed by atoms with E-state index in [1.54, 1.807) is 0 Å². The summed E-state index contributed by atoms with van der Waals surface area (Å²) in [6.07, 6.45) is 0.454. The van der Waals surface area contributed by atoms with Crippen molar-refractivity contribution in [2.75, 3.05) is 23.7 Å². The van der Waals surface area contributed by atoms with Crippen LogP contribution >= 0.6 is 0 Å². The third kappa shape index (κ3) is 2.34. The topological polar surface area (TPSA) is 72.3 Å². The van der Waals surface area contributed by atoms with Gasteiger partial charge in [0.25, 0.3) is 0 Å². The van der Waals surface area contributed by atoms with Gasteiger partial charge in [0.05, 0.1) is 6.42 Å². The molecular weight excluding hydrogens is 226 g/mol. The van der Waals surface area contributed by atoms with Crippen LogP contribution in [0.3, 0.4) is 0 Å². The van der Waals surface area contributed by atoms with E-state index in [0.717, 1.165) is 11.3 Å². The summed E-state index contributed by atoms with van der Waals surface area (Å²) in [4.78, 5) is 13.9. The summed E-state index contributed by atoms with van der Waals surface area (Å²) in [6, 6.07) is 5.67. The lowest BCUT2D eigenvalue weighted by atomic mass is 9.95. The van der Waals surface area contributed by atoms with Gasteiger partial charge < -0.3 is 16.4 Å². The van der Waals surface area contributed by atoms with Gasteiger partial charge in [0.1, 0.15) is 0 Å². The first-order valence-corrected chi connectivity index (χ1v) is 6.41. The number of amides is 1. The highest BCUT2D eigenvalue weighted by Gasteiger charge is 2.29. The fourth-order valence-electron chi connectivity index (χ4n) is 2.40. The van der Waals surface area contributed by atoms with Gasteiger partial charge in [-0.1, -0.05) is 13.8 Å². The Bertz CT molecular complexity index is 456. The van der Waals surface area contributed by atoms with Gasteiger partial charge in [-0.15, -0.1) is 0 Å². The van der Waals surface area contributed by atoms with E-state index < -0.39 is 0 Å². The molecule has 98 valence electrons. The van der Waals surface area contributed by atoms with E-state index in [4.69, 9.17) is 11.5 Å². The van der Waals surface area contributed by atoms with E-state index in [1.807, 2.05) is 23.1 Å². The highest BCUT2D eigenvalue weighted by molar-refractivity contribution is 6.01. The van der Waals surface area contributed by atoms with E-state index >= 15 is 0 Å². The Labute approximate surface area is 108 Å². The third-order valence-corrected chi connectivity index (χ3v) is 3.70. The van der Waals surface area contributed by atoms with Crippen molar-refractivity contribution in [3.8, 4) is 0 Å². The summed E-state index contributed by atoms with van der Waals surface area (Å²) in [5, 5.41) is 0. The number of anilines is 2. The number of nitrogen functional groups attached to an aromatic ring is 1. The SMILES string of the molecule is CC(C)C(CN)CN1C(=O)Cc2cc(N)ccc21. The average molecular weight is 247 g/mol. The van der Waals surface area contributed by atoms with Crippen molar-refractivity contribution in [2.24, 2.45) is 17.6 Å². The lowest BCUT2D eigenvalue weighted by Gasteiger charge is -2.26. The van der Waals surface area contributed by atoms with Crippen LogP contribution < -0.4 is 16.4 Å². The Morgan fingerprint density at radius 2 is 2.11 bits per heavy atom. The van der Waals surface area contributed by atoms with E-state index in [2.05, 4.69) is 13.8 Å². The molecule has 1 aromatic rings. The van der Waals surface area contributed by atoms with E-state index in [9.17, 15) is 4.79 Å². The van der Waals surface area contributed by atoms with Gasteiger partial charge in [-0.3, -0.25) is 4.79 Å².